The number of aliphatic hydroxyl groups is 1. The predicted octanol–water partition coefficient (Wildman–Crippen LogP) is 2.93. The molecular weight excluding hydrogens is 452 g/mol. The zero-order valence-corrected chi connectivity index (χ0v) is 18.9. The Kier molecular flexibility index (Phi) is 6.98. The molecule has 0 aliphatic carbocycles. The molecular formula is C26H24N2O7. The number of urea groups is 1. The summed E-state index contributed by atoms with van der Waals surface area (Å²) in [6.07, 6.45) is 1.41. The fraction of sp³-hybridized carbons (Fsp3) is 0.192. The molecule has 2 aromatic carbocycles. The monoisotopic (exact) mass is 476 g/mol. The van der Waals surface area contributed by atoms with E-state index in [2.05, 4.69) is 10.6 Å². The summed E-state index contributed by atoms with van der Waals surface area (Å²) >= 11 is 0. The van der Waals surface area contributed by atoms with Crippen molar-refractivity contribution in [2.75, 3.05) is 13.2 Å². The number of nitrogens with one attached hydrogen (secondary N) is 2. The van der Waals surface area contributed by atoms with E-state index in [0.29, 0.717) is 16.9 Å². The SMILES string of the molecule is CCOC(=O)C1=C(COC(=O)C(O)(c2ccccc2)c2ccccc2)NC(=O)NC1c1ccco1. The standard InChI is InChI=1S/C26H24N2O7/c1-2-33-23(29)21-19(27-25(31)28-22(21)20-14-9-15-34-20)16-35-24(30)26(32,17-10-5-3-6-11-17)18-12-7-4-8-13-18/h3-15,22,32H,2,16H2,1H3,(H2,27,28,31). The topological polar surface area (TPSA) is 127 Å². The van der Waals surface area contributed by atoms with E-state index in [-0.39, 0.29) is 17.9 Å². The second-order valence-electron chi connectivity index (χ2n) is 7.68. The van der Waals surface area contributed by atoms with E-state index in [1.54, 1.807) is 79.7 Å². The minimum Gasteiger partial charge on any atom is -0.467 e. The molecule has 1 atom stereocenters. The lowest BCUT2D eigenvalue weighted by atomic mass is 9.86. The Morgan fingerprint density at radius 2 is 1.60 bits per heavy atom. The lowest BCUT2D eigenvalue weighted by Gasteiger charge is -2.30. The van der Waals surface area contributed by atoms with Gasteiger partial charge in [-0.05, 0) is 30.2 Å². The van der Waals surface area contributed by atoms with Crippen LogP contribution in [-0.2, 0) is 24.7 Å². The van der Waals surface area contributed by atoms with E-state index < -0.39 is 36.2 Å². The van der Waals surface area contributed by atoms with E-state index in [1.807, 2.05) is 0 Å². The van der Waals surface area contributed by atoms with Crippen LogP contribution >= 0.6 is 0 Å². The number of amides is 2. The summed E-state index contributed by atoms with van der Waals surface area (Å²) in [5.41, 5.74) is -1.47. The van der Waals surface area contributed by atoms with Crippen LogP contribution in [0, 0.1) is 0 Å². The van der Waals surface area contributed by atoms with Gasteiger partial charge in [0.2, 0.25) is 5.60 Å². The van der Waals surface area contributed by atoms with Crippen molar-refractivity contribution in [3.8, 4) is 0 Å². The van der Waals surface area contributed by atoms with Gasteiger partial charge in [-0.1, -0.05) is 60.7 Å². The van der Waals surface area contributed by atoms with Crippen molar-refractivity contribution in [2.45, 2.75) is 18.6 Å². The molecule has 1 unspecified atom stereocenters. The van der Waals surface area contributed by atoms with Crippen molar-refractivity contribution >= 4 is 18.0 Å². The molecule has 9 nitrogen and oxygen atoms in total. The van der Waals surface area contributed by atoms with E-state index in [4.69, 9.17) is 13.9 Å². The number of benzene rings is 2. The van der Waals surface area contributed by atoms with Crippen molar-refractivity contribution in [3.05, 3.63) is 107 Å². The van der Waals surface area contributed by atoms with Crippen LogP contribution < -0.4 is 10.6 Å². The second kappa shape index (κ2) is 10.3. The Morgan fingerprint density at radius 3 is 2.14 bits per heavy atom. The zero-order chi connectivity index (χ0) is 24.8. The number of carbonyl (C=O) groups is 3. The highest BCUT2D eigenvalue weighted by Crippen LogP contribution is 2.32. The molecule has 0 saturated heterocycles. The van der Waals surface area contributed by atoms with Crippen molar-refractivity contribution in [2.24, 2.45) is 0 Å². The van der Waals surface area contributed by atoms with Crippen LogP contribution in [0.1, 0.15) is 29.9 Å². The van der Waals surface area contributed by atoms with Gasteiger partial charge < -0.3 is 29.6 Å². The summed E-state index contributed by atoms with van der Waals surface area (Å²) < 4.78 is 16.1. The first-order chi connectivity index (χ1) is 16.9. The minimum atomic E-state index is -2.12. The van der Waals surface area contributed by atoms with Gasteiger partial charge in [0.1, 0.15) is 18.4 Å². The normalized spacial score (nSPS) is 15.7. The quantitative estimate of drug-likeness (QED) is 0.427. The number of hydrogen-bond donors (Lipinski definition) is 3. The van der Waals surface area contributed by atoms with E-state index >= 15 is 0 Å². The number of hydrogen-bond acceptors (Lipinski definition) is 7. The maximum absolute atomic E-state index is 13.3. The molecule has 9 heteroatoms. The maximum atomic E-state index is 13.3. The third-order valence-corrected chi connectivity index (χ3v) is 5.50. The number of rotatable bonds is 8. The lowest BCUT2D eigenvalue weighted by molar-refractivity contribution is -0.161. The Balaban J connectivity index is 1.69. The average Bonchev–Trinajstić information content (AvgIpc) is 3.42. The third-order valence-electron chi connectivity index (χ3n) is 5.50. The van der Waals surface area contributed by atoms with Crippen LogP contribution in [0.4, 0.5) is 4.79 Å². The highest BCUT2D eigenvalue weighted by Gasteiger charge is 2.42. The number of furan rings is 1. The molecule has 3 N–H and O–H groups in total. The first kappa shape index (κ1) is 23.8. The molecule has 1 aromatic heterocycles. The Bertz CT molecular complexity index is 1180. The molecule has 2 amide bonds. The van der Waals surface area contributed by atoms with Crippen molar-refractivity contribution < 1.29 is 33.4 Å². The predicted molar refractivity (Wildman–Crippen MR) is 124 cm³/mol. The van der Waals surface area contributed by atoms with Crippen molar-refractivity contribution in [3.63, 3.8) is 0 Å². The molecule has 1 aliphatic rings. The first-order valence-electron chi connectivity index (χ1n) is 11.0. The van der Waals surface area contributed by atoms with Gasteiger partial charge in [-0.2, -0.15) is 0 Å². The van der Waals surface area contributed by atoms with Crippen LogP contribution in [0.2, 0.25) is 0 Å². The van der Waals surface area contributed by atoms with Crippen molar-refractivity contribution in [1.82, 2.24) is 10.6 Å². The second-order valence-corrected chi connectivity index (χ2v) is 7.68. The summed E-state index contributed by atoms with van der Waals surface area (Å²) in [7, 11) is 0. The number of carbonyl (C=O) groups excluding carboxylic acids is 3. The summed E-state index contributed by atoms with van der Waals surface area (Å²) in [6.45, 7) is 1.24. The Labute approximate surface area is 201 Å². The molecule has 0 spiro atoms. The molecule has 2 heterocycles. The lowest BCUT2D eigenvalue weighted by Crippen LogP contribution is -2.47. The van der Waals surface area contributed by atoms with Gasteiger partial charge in [-0.25, -0.2) is 14.4 Å². The molecule has 0 saturated carbocycles. The molecule has 180 valence electrons. The van der Waals surface area contributed by atoms with Gasteiger partial charge in [-0.15, -0.1) is 0 Å². The molecule has 1 aliphatic heterocycles. The van der Waals surface area contributed by atoms with Gasteiger partial charge >= 0.3 is 18.0 Å². The summed E-state index contributed by atoms with van der Waals surface area (Å²) in [5, 5.41) is 16.7. The van der Waals surface area contributed by atoms with Crippen molar-refractivity contribution in [1.29, 1.82) is 0 Å². The van der Waals surface area contributed by atoms with Gasteiger partial charge in [0.25, 0.3) is 0 Å². The minimum absolute atomic E-state index is 0.0189. The van der Waals surface area contributed by atoms with Crippen LogP contribution in [0.25, 0.3) is 0 Å². The largest absolute Gasteiger partial charge is 0.467 e. The van der Waals surface area contributed by atoms with E-state index in [0.717, 1.165) is 0 Å². The third kappa shape index (κ3) is 4.80. The van der Waals surface area contributed by atoms with Crippen LogP contribution in [0.5, 0.6) is 0 Å². The average molecular weight is 476 g/mol. The van der Waals surface area contributed by atoms with Crippen LogP contribution in [-0.4, -0.2) is 36.3 Å². The van der Waals surface area contributed by atoms with E-state index in [1.165, 1.54) is 6.26 Å². The molecule has 3 aromatic rings. The van der Waals surface area contributed by atoms with Crippen LogP contribution in [0.3, 0.4) is 0 Å². The first-order valence-corrected chi connectivity index (χ1v) is 11.0. The Hall–Kier alpha value is -4.37. The smallest absolute Gasteiger partial charge is 0.348 e. The molecule has 35 heavy (non-hydrogen) atoms. The van der Waals surface area contributed by atoms with Gasteiger partial charge in [0, 0.05) is 0 Å². The fourth-order valence-corrected chi connectivity index (χ4v) is 3.85. The Morgan fingerprint density at radius 1 is 0.971 bits per heavy atom. The van der Waals surface area contributed by atoms with Gasteiger partial charge in [0.15, 0.2) is 0 Å². The van der Waals surface area contributed by atoms with Crippen LogP contribution in [0.15, 0.2) is 94.7 Å². The van der Waals surface area contributed by atoms with Gasteiger partial charge in [0.05, 0.1) is 24.1 Å². The van der Waals surface area contributed by atoms with Gasteiger partial charge in [-0.3, -0.25) is 0 Å². The fourth-order valence-electron chi connectivity index (χ4n) is 3.85. The summed E-state index contributed by atoms with van der Waals surface area (Å²) in [5.74, 6) is -1.39. The van der Waals surface area contributed by atoms with E-state index in [9.17, 15) is 19.5 Å². The summed E-state index contributed by atoms with van der Waals surface area (Å²) in [4.78, 5) is 38.5. The highest BCUT2D eigenvalue weighted by atomic mass is 16.6. The number of esters is 2. The maximum Gasteiger partial charge on any atom is 0.348 e. The molecule has 4 rings (SSSR count). The molecule has 0 fully saturated rings. The molecule has 0 bridgehead atoms. The summed E-state index contributed by atoms with van der Waals surface area (Å²) in [6, 6.07) is 18.4. The zero-order valence-electron chi connectivity index (χ0n) is 18.9. The number of ether oxygens (including phenoxy) is 2. The molecule has 0 radical (unpaired) electrons. The highest BCUT2D eigenvalue weighted by molar-refractivity contribution is 5.95.